The summed E-state index contributed by atoms with van der Waals surface area (Å²) < 4.78 is 11.8. The molecule has 0 aliphatic carbocycles. The van der Waals surface area contributed by atoms with Gasteiger partial charge < -0.3 is 9.47 Å². The van der Waals surface area contributed by atoms with Gasteiger partial charge in [-0.25, -0.2) is 0 Å². The minimum absolute atomic E-state index is 0.00311. The molecule has 1 unspecified atom stereocenters. The second-order valence-electron chi connectivity index (χ2n) is 9.18. The van der Waals surface area contributed by atoms with E-state index in [2.05, 4.69) is 32.9 Å². The van der Waals surface area contributed by atoms with Crippen molar-refractivity contribution in [2.24, 2.45) is 0 Å². The van der Waals surface area contributed by atoms with Gasteiger partial charge in [0, 0.05) is 16.9 Å². The van der Waals surface area contributed by atoms with Gasteiger partial charge >= 0.3 is 0 Å². The molecular formula is C25H35O3P. The first-order valence-corrected chi connectivity index (χ1v) is 11.3. The van der Waals surface area contributed by atoms with Gasteiger partial charge in [0.05, 0.1) is 12.2 Å². The lowest BCUT2D eigenvalue weighted by molar-refractivity contribution is 0.108. The van der Waals surface area contributed by atoms with E-state index in [4.69, 9.17) is 9.47 Å². The molecule has 0 aliphatic rings. The Morgan fingerprint density at radius 1 is 0.897 bits per heavy atom. The molecule has 0 aromatic heterocycles. The van der Waals surface area contributed by atoms with Crippen molar-refractivity contribution < 1.29 is 14.3 Å². The summed E-state index contributed by atoms with van der Waals surface area (Å²) in [5.74, 6) is 1.49. The molecule has 2 aromatic carbocycles. The van der Waals surface area contributed by atoms with Crippen LogP contribution in [0.25, 0.3) is 0 Å². The highest BCUT2D eigenvalue weighted by molar-refractivity contribution is 7.66. The van der Waals surface area contributed by atoms with Crippen LogP contribution in [-0.2, 0) is 5.41 Å². The topological polar surface area (TPSA) is 35.5 Å². The fourth-order valence-electron chi connectivity index (χ4n) is 3.24. The van der Waals surface area contributed by atoms with Crippen LogP contribution in [0, 0.1) is 13.8 Å². The summed E-state index contributed by atoms with van der Waals surface area (Å²) in [6.45, 7) is 18.6. The highest BCUT2D eigenvalue weighted by Crippen LogP contribution is 2.33. The highest BCUT2D eigenvalue weighted by Gasteiger charge is 2.21. The molecule has 0 radical (unpaired) electrons. The summed E-state index contributed by atoms with van der Waals surface area (Å²) in [5, 5.41) is 0.915. The first-order chi connectivity index (χ1) is 13.4. The zero-order valence-electron chi connectivity index (χ0n) is 19.3. The second-order valence-corrected chi connectivity index (χ2v) is 10.4. The van der Waals surface area contributed by atoms with E-state index in [0.29, 0.717) is 0 Å². The van der Waals surface area contributed by atoms with Crippen LogP contribution in [0.3, 0.4) is 0 Å². The summed E-state index contributed by atoms with van der Waals surface area (Å²) in [7, 11) is 0.00311. The van der Waals surface area contributed by atoms with Gasteiger partial charge in [0.1, 0.15) is 11.5 Å². The van der Waals surface area contributed by atoms with Crippen LogP contribution >= 0.6 is 8.58 Å². The molecule has 2 aromatic rings. The van der Waals surface area contributed by atoms with Gasteiger partial charge in [-0.1, -0.05) is 32.9 Å². The van der Waals surface area contributed by atoms with E-state index < -0.39 is 0 Å². The van der Waals surface area contributed by atoms with Crippen molar-refractivity contribution in [3.05, 3.63) is 52.6 Å². The third-order valence-electron chi connectivity index (χ3n) is 4.56. The Balaban J connectivity index is 2.37. The Morgan fingerprint density at radius 2 is 1.45 bits per heavy atom. The van der Waals surface area contributed by atoms with E-state index in [1.54, 1.807) is 0 Å². The van der Waals surface area contributed by atoms with Gasteiger partial charge in [0.15, 0.2) is 5.52 Å². The lowest BCUT2D eigenvalue weighted by Crippen LogP contribution is -2.15. The standard InChI is InChI=1S/C25H35O3P/c1-15(2)27-20-10-11-22(21(14-20)28-16(3)4)29-24(26)23-17(5)12-19(13-18(23)6)25(7,8)9/h10-16,29H,1-9H3. The maximum absolute atomic E-state index is 13.2. The fraction of sp³-hybridized carbons (Fsp3) is 0.480. The molecule has 0 amide bonds. The molecule has 0 saturated heterocycles. The zero-order valence-corrected chi connectivity index (χ0v) is 20.3. The minimum Gasteiger partial charge on any atom is -0.491 e. The summed E-state index contributed by atoms with van der Waals surface area (Å²) in [5.41, 5.74) is 4.37. The van der Waals surface area contributed by atoms with E-state index in [0.717, 1.165) is 33.5 Å². The Kier molecular flexibility index (Phi) is 7.51. The van der Waals surface area contributed by atoms with Crippen LogP contribution < -0.4 is 14.8 Å². The number of hydrogen-bond acceptors (Lipinski definition) is 3. The fourth-order valence-corrected chi connectivity index (χ4v) is 4.43. The Bertz CT molecular complexity index is 853. The van der Waals surface area contributed by atoms with E-state index in [1.807, 2.05) is 59.7 Å². The van der Waals surface area contributed by atoms with Crippen molar-refractivity contribution >= 4 is 19.4 Å². The van der Waals surface area contributed by atoms with E-state index in [1.165, 1.54) is 5.56 Å². The second kappa shape index (κ2) is 9.30. The maximum Gasteiger partial charge on any atom is 0.186 e. The molecule has 4 heteroatoms. The predicted octanol–water partition coefficient (Wildman–Crippen LogP) is 6.32. The molecule has 0 saturated carbocycles. The average molecular weight is 415 g/mol. The molecule has 1 atom stereocenters. The van der Waals surface area contributed by atoms with Crippen LogP contribution in [-0.4, -0.2) is 17.7 Å². The Labute approximate surface area is 178 Å². The predicted molar refractivity (Wildman–Crippen MR) is 125 cm³/mol. The molecule has 2 rings (SSSR count). The number of aryl methyl sites for hydroxylation is 2. The number of carbonyl (C=O) groups is 1. The minimum atomic E-state index is 0.00311. The lowest BCUT2D eigenvalue weighted by Gasteiger charge is -2.22. The number of ether oxygens (including phenoxy) is 2. The summed E-state index contributed by atoms with van der Waals surface area (Å²) in [6, 6.07) is 10.1. The van der Waals surface area contributed by atoms with Crippen molar-refractivity contribution in [1.29, 1.82) is 0 Å². The zero-order chi connectivity index (χ0) is 21.9. The van der Waals surface area contributed by atoms with Gasteiger partial charge in [0.25, 0.3) is 0 Å². The van der Waals surface area contributed by atoms with Gasteiger partial charge in [-0.2, -0.15) is 0 Å². The normalized spacial score (nSPS) is 12.2. The largest absolute Gasteiger partial charge is 0.491 e. The van der Waals surface area contributed by atoms with Crippen molar-refractivity contribution in [3.63, 3.8) is 0 Å². The van der Waals surface area contributed by atoms with Crippen molar-refractivity contribution in [2.45, 2.75) is 79.9 Å². The molecule has 0 spiro atoms. The van der Waals surface area contributed by atoms with E-state index in [-0.39, 0.29) is 31.7 Å². The first kappa shape index (κ1) is 23.4. The van der Waals surface area contributed by atoms with Crippen molar-refractivity contribution in [1.82, 2.24) is 0 Å². The van der Waals surface area contributed by atoms with Gasteiger partial charge in [-0.3, -0.25) is 4.79 Å². The quantitative estimate of drug-likeness (QED) is 0.497. The first-order valence-electron chi connectivity index (χ1n) is 10.3. The monoisotopic (exact) mass is 414 g/mol. The van der Waals surface area contributed by atoms with Gasteiger partial charge in [0.2, 0.25) is 0 Å². The number of benzene rings is 2. The molecule has 0 aliphatic heterocycles. The SMILES string of the molecule is Cc1cc(C(C)(C)C)cc(C)c1C(=O)Pc1ccc(OC(C)C)cc1OC(C)C. The number of rotatable bonds is 7. The average Bonchev–Trinajstić information content (AvgIpc) is 2.54. The van der Waals surface area contributed by atoms with Crippen molar-refractivity contribution in [3.8, 4) is 11.5 Å². The molecule has 0 fully saturated rings. The number of hydrogen-bond donors (Lipinski definition) is 0. The van der Waals surface area contributed by atoms with Gasteiger partial charge in [-0.15, -0.1) is 0 Å². The molecule has 3 nitrogen and oxygen atoms in total. The smallest absolute Gasteiger partial charge is 0.186 e. The molecular weight excluding hydrogens is 379 g/mol. The van der Waals surface area contributed by atoms with Crippen molar-refractivity contribution in [2.75, 3.05) is 0 Å². The summed E-state index contributed by atoms with van der Waals surface area (Å²) in [6.07, 6.45) is 0.112. The lowest BCUT2D eigenvalue weighted by atomic mass is 9.84. The third-order valence-corrected chi connectivity index (χ3v) is 5.72. The highest BCUT2D eigenvalue weighted by atomic mass is 31.1. The van der Waals surface area contributed by atoms with Crippen LogP contribution in [0.5, 0.6) is 11.5 Å². The summed E-state index contributed by atoms with van der Waals surface area (Å²) >= 11 is 0. The van der Waals surface area contributed by atoms with Crippen LogP contribution in [0.1, 0.15) is 75.5 Å². The third kappa shape index (κ3) is 6.31. The summed E-state index contributed by atoms with van der Waals surface area (Å²) in [4.78, 5) is 13.2. The molecule has 0 N–H and O–H groups in total. The Morgan fingerprint density at radius 3 is 1.93 bits per heavy atom. The van der Waals surface area contributed by atoms with E-state index in [9.17, 15) is 4.79 Å². The van der Waals surface area contributed by atoms with E-state index >= 15 is 0 Å². The van der Waals surface area contributed by atoms with Crippen LogP contribution in [0.15, 0.2) is 30.3 Å². The molecule has 0 heterocycles. The molecule has 158 valence electrons. The van der Waals surface area contributed by atoms with Crippen LogP contribution in [0.4, 0.5) is 0 Å². The van der Waals surface area contributed by atoms with Gasteiger partial charge in [-0.05, 0) is 84.4 Å². The number of carbonyl (C=O) groups excluding carboxylic acids is 1. The maximum atomic E-state index is 13.2. The molecule has 0 bridgehead atoms. The van der Waals surface area contributed by atoms with Crippen LogP contribution in [0.2, 0.25) is 0 Å². The molecule has 29 heavy (non-hydrogen) atoms. The Hall–Kier alpha value is -1.86.